The summed E-state index contributed by atoms with van der Waals surface area (Å²) in [6, 6.07) is 21.3. The summed E-state index contributed by atoms with van der Waals surface area (Å²) in [6.45, 7) is 9.86. The molecule has 6 nitrogen and oxygen atoms in total. The molecule has 0 saturated carbocycles. The van der Waals surface area contributed by atoms with Crippen LogP contribution in [0.3, 0.4) is 0 Å². The van der Waals surface area contributed by atoms with Crippen LogP contribution in [0.15, 0.2) is 72.8 Å². The number of nitrogens with one attached hydrogen (secondary N) is 1. The van der Waals surface area contributed by atoms with Crippen LogP contribution in [0.4, 0.5) is 19.0 Å². The quantitative estimate of drug-likeness (QED) is 0.202. The lowest BCUT2D eigenvalue weighted by molar-refractivity contribution is -0.139. The van der Waals surface area contributed by atoms with Gasteiger partial charge in [0.2, 0.25) is 5.91 Å². The van der Waals surface area contributed by atoms with Gasteiger partial charge in [0.25, 0.3) is 0 Å². The standard InChI is InChI=1S/C34H39ClF3N5O/c1-4-40(5-2)23-32(29-12-8-9-13-30(29)34(36,37)38)41-18-20-42(21-19-41)43-31(22-25-14-16-26(35)17-15-25)27-10-6-7-11-28(27)33(43)39-24(3)44/h6-17,32H,4-5,18-23H2,1-3H3,(H,39,44). The van der Waals surface area contributed by atoms with E-state index in [-0.39, 0.29) is 5.91 Å². The molecule has 234 valence electrons. The second-order valence-electron chi connectivity index (χ2n) is 11.2. The molecular weight excluding hydrogens is 587 g/mol. The van der Waals surface area contributed by atoms with Crippen molar-refractivity contribution in [3.8, 4) is 0 Å². The third-order valence-corrected chi connectivity index (χ3v) is 8.76. The lowest BCUT2D eigenvalue weighted by atomic mass is 9.97. The number of carbonyl (C=O) groups excluding carboxylic acids is 1. The second kappa shape index (κ2) is 13.6. The molecule has 1 amide bonds. The maximum Gasteiger partial charge on any atom is 0.416 e. The van der Waals surface area contributed by atoms with Crippen LogP contribution in [-0.2, 0) is 17.4 Å². The molecular formula is C34H39ClF3N5O. The molecule has 0 radical (unpaired) electrons. The molecule has 2 heterocycles. The van der Waals surface area contributed by atoms with Crippen molar-refractivity contribution >= 4 is 34.1 Å². The maximum absolute atomic E-state index is 14.2. The van der Waals surface area contributed by atoms with E-state index in [4.69, 9.17) is 11.6 Å². The molecule has 3 aromatic carbocycles. The highest BCUT2D eigenvalue weighted by molar-refractivity contribution is 6.30. The molecule has 1 aromatic heterocycles. The Hall–Kier alpha value is -3.53. The number of rotatable bonds is 10. The van der Waals surface area contributed by atoms with Crippen LogP contribution < -0.4 is 10.3 Å². The van der Waals surface area contributed by atoms with Gasteiger partial charge in [0.1, 0.15) is 5.82 Å². The van der Waals surface area contributed by atoms with Crippen LogP contribution in [-0.4, -0.2) is 66.2 Å². The molecule has 0 aliphatic carbocycles. The van der Waals surface area contributed by atoms with Gasteiger partial charge in [-0.3, -0.25) is 9.69 Å². The Bertz CT molecular complexity index is 1570. The molecule has 1 atom stereocenters. The number of piperazine rings is 1. The van der Waals surface area contributed by atoms with E-state index in [9.17, 15) is 18.0 Å². The van der Waals surface area contributed by atoms with Crippen molar-refractivity contribution in [2.24, 2.45) is 0 Å². The highest BCUT2D eigenvalue weighted by atomic mass is 35.5. The average molecular weight is 626 g/mol. The summed E-state index contributed by atoms with van der Waals surface area (Å²) < 4.78 is 44.6. The van der Waals surface area contributed by atoms with Crippen molar-refractivity contribution in [1.82, 2.24) is 14.5 Å². The van der Waals surface area contributed by atoms with Crippen molar-refractivity contribution in [2.75, 3.05) is 56.1 Å². The van der Waals surface area contributed by atoms with Gasteiger partial charge < -0.3 is 15.2 Å². The number of anilines is 1. The lowest BCUT2D eigenvalue weighted by Gasteiger charge is -2.43. The van der Waals surface area contributed by atoms with Crippen molar-refractivity contribution < 1.29 is 18.0 Å². The summed E-state index contributed by atoms with van der Waals surface area (Å²) in [5.74, 6) is 0.529. The van der Waals surface area contributed by atoms with E-state index in [2.05, 4.69) is 30.9 Å². The molecule has 1 saturated heterocycles. The number of likely N-dealkylation sites (N-methyl/N-ethyl adjacent to an activating group) is 1. The first kappa shape index (κ1) is 31.9. The topological polar surface area (TPSA) is 43.8 Å². The fraction of sp³-hybridized carbons (Fsp3) is 0.382. The van der Waals surface area contributed by atoms with Crippen LogP contribution in [0.25, 0.3) is 10.8 Å². The molecule has 4 aromatic rings. The summed E-state index contributed by atoms with van der Waals surface area (Å²) in [4.78, 5) is 16.8. The van der Waals surface area contributed by atoms with E-state index in [1.54, 1.807) is 12.1 Å². The van der Waals surface area contributed by atoms with Gasteiger partial charge in [0.05, 0.1) is 11.3 Å². The Labute approximate surface area is 262 Å². The largest absolute Gasteiger partial charge is 0.416 e. The zero-order valence-electron chi connectivity index (χ0n) is 25.4. The first-order valence-electron chi connectivity index (χ1n) is 15.1. The molecule has 0 spiro atoms. The molecule has 44 heavy (non-hydrogen) atoms. The van der Waals surface area contributed by atoms with Crippen LogP contribution in [0, 0.1) is 0 Å². The molecule has 1 fully saturated rings. The van der Waals surface area contributed by atoms with Gasteiger partial charge in [-0.05, 0) is 42.4 Å². The zero-order chi connectivity index (χ0) is 31.4. The monoisotopic (exact) mass is 625 g/mol. The fourth-order valence-corrected chi connectivity index (χ4v) is 6.40. The van der Waals surface area contributed by atoms with Crippen molar-refractivity contribution in [3.05, 3.63) is 100 Å². The number of hydrogen-bond acceptors (Lipinski definition) is 4. The number of aromatic nitrogens is 1. The predicted molar refractivity (Wildman–Crippen MR) is 172 cm³/mol. The van der Waals surface area contributed by atoms with Gasteiger partial charge in [0.15, 0.2) is 0 Å². The molecule has 1 aliphatic rings. The maximum atomic E-state index is 14.2. The fourth-order valence-electron chi connectivity index (χ4n) is 6.27. The molecule has 5 rings (SSSR count). The molecule has 1 aliphatic heterocycles. The van der Waals surface area contributed by atoms with Gasteiger partial charge >= 0.3 is 6.18 Å². The Kier molecular flexibility index (Phi) is 9.87. The molecule has 1 N–H and O–H groups in total. The van der Waals surface area contributed by atoms with Gasteiger partial charge in [-0.15, -0.1) is 0 Å². The Morgan fingerprint density at radius 3 is 2.14 bits per heavy atom. The second-order valence-corrected chi connectivity index (χ2v) is 11.6. The number of benzene rings is 3. The van der Waals surface area contributed by atoms with E-state index in [1.165, 1.54) is 19.1 Å². The van der Waals surface area contributed by atoms with E-state index in [1.807, 2.05) is 56.3 Å². The van der Waals surface area contributed by atoms with Gasteiger partial charge in [-0.25, -0.2) is 4.68 Å². The van der Waals surface area contributed by atoms with Crippen molar-refractivity contribution in [1.29, 1.82) is 0 Å². The number of fused-ring (bicyclic) bond motifs is 1. The summed E-state index contributed by atoms with van der Waals surface area (Å²) >= 11 is 6.16. The highest BCUT2D eigenvalue weighted by Gasteiger charge is 2.38. The third-order valence-electron chi connectivity index (χ3n) is 8.50. The number of carbonyl (C=O) groups is 1. The van der Waals surface area contributed by atoms with E-state index >= 15 is 0 Å². The van der Waals surface area contributed by atoms with Crippen LogP contribution in [0.1, 0.15) is 49.2 Å². The normalized spacial score (nSPS) is 15.2. The first-order valence-corrected chi connectivity index (χ1v) is 15.5. The Morgan fingerprint density at radius 1 is 0.909 bits per heavy atom. The van der Waals surface area contributed by atoms with Gasteiger partial charge in [-0.1, -0.05) is 80.0 Å². The number of amides is 1. The van der Waals surface area contributed by atoms with Crippen molar-refractivity contribution in [2.45, 2.75) is 39.4 Å². The summed E-state index contributed by atoms with van der Waals surface area (Å²) in [5.41, 5.74) is 1.85. The van der Waals surface area contributed by atoms with Crippen LogP contribution in [0.2, 0.25) is 5.02 Å². The van der Waals surface area contributed by atoms with E-state index in [0.717, 1.165) is 35.1 Å². The Morgan fingerprint density at radius 2 is 1.52 bits per heavy atom. The highest BCUT2D eigenvalue weighted by Crippen LogP contribution is 2.38. The lowest BCUT2D eigenvalue weighted by Crippen LogP contribution is -2.54. The number of hydrogen-bond donors (Lipinski definition) is 1. The number of halogens is 4. The van der Waals surface area contributed by atoms with E-state index in [0.29, 0.717) is 55.5 Å². The van der Waals surface area contributed by atoms with Gasteiger partial charge in [-0.2, -0.15) is 13.2 Å². The first-order chi connectivity index (χ1) is 21.1. The zero-order valence-corrected chi connectivity index (χ0v) is 26.1. The molecule has 10 heteroatoms. The van der Waals surface area contributed by atoms with Crippen LogP contribution >= 0.6 is 11.6 Å². The summed E-state index contributed by atoms with van der Waals surface area (Å²) in [5, 5.41) is 7.91. The van der Waals surface area contributed by atoms with Gasteiger partial charge in [0, 0.05) is 67.9 Å². The summed E-state index contributed by atoms with van der Waals surface area (Å²) in [7, 11) is 0. The number of alkyl halides is 3. The van der Waals surface area contributed by atoms with Crippen LogP contribution in [0.5, 0.6) is 0 Å². The SMILES string of the molecule is CCN(CC)CC(c1ccccc1C(F)(F)F)N1CCN(n2c(Cc3ccc(Cl)cc3)c3ccccc3c2NC(C)=O)CC1. The minimum Gasteiger partial charge on any atom is -0.310 e. The average Bonchev–Trinajstić information content (AvgIpc) is 3.30. The third kappa shape index (κ3) is 6.90. The minimum absolute atomic E-state index is 0.172. The van der Waals surface area contributed by atoms with E-state index < -0.39 is 17.8 Å². The molecule has 1 unspecified atom stereocenters. The predicted octanol–water partition coefficient (Wildman–Crippen LogP) is 7.20. The Balaban J connectivity index is 1.51. The molecule has 0 bridgehead atoms. The minimum atomic E-state index is -4.44. The smallest absolute Gasteiger partial charge is 0.310 e. The number of nitrogens with zero attached hydrogens (tertiary/aromatic N) is 4. The summed E-state index contributed by atoms with van der Waals surface area (Å²) in [6.07, 6.45) is -3.82. The van der Waals surface area contributed by atoms with Crippen molar-refractivity contribution in [3.63, 3.8) is 0 Å².